The number of rotatable bonds is 3. The highest BCUT2D eigenvalue weighted by molar-refractivity contribution is 5.96. The first-order valence-corrected chi connectivity index (χ1v) is 9.94. The molecule has 2 aliphatic rings. The molecule has 1 fully saturated rings. The van der Waals surface area contributed by atoms with E-state index in [9.17, 15) is 18.0 Å². The maximum absolute atomic E-state index is 13.0. The van der Waals surface area contributed by atoms with Crippen LogP contribution in [-0.4, -0.2) is 35.0 Å². The van der Waals surface area contributed by atoms with Crippen molar-refractivity contribution in [2.75, 3.05) is 0 Å². The fourth-order valence-corrected chi connectivity index (χ4v) is 3.92. The number of nitriles is 1. The number of hydrogen-bond acceptors (Lipinski definition) is 5. The van der Waals surface area contributed by atoms with Gasteiger partial charge >= 0.3 is 6.18 Å². The van der Waals surface area contributed by atoms with E-state index < -0.39 is 17.9 Å². The largest absolute Gasteiger partial charge is 0.472 e. The third kappa shape index (κ3) is 4.53. The van der Waals surface area contributed by atoms with Crippen LogP contribution in [0.4, 0.5) is 13.2 Å². The molecule has 1 aromatic carbocycles. The number of amides is 1. The topological polar surface area (TPSA) is 87.4 Å². The first-order chi connectivity index (χ1) is 14.8. The monoisotopic (exact) mass is 428 g/mol. The van der Waals surface area contributed by atoms with Gasteiger partial charge < -0.3 is 10.1 Å². The number of ether oxygens (including phenoxy) is 1. The minimum absolute atomic E-state index is 0.135. The number of carbonyl (C=O) groups excluding carboxylic acids is 1. The van der Waals surface area contributed by atoms with Crippen molar-refractivity contribution in [1.82, 2.24) is 10.3 Å². The predicted molar refractivity (Wildman–Crippen MR) is 105 cm³/mol. The highest BCUT2D eigenvalue weighted by atomic mass is 19.4. The Labute approximate surface area is 176 Å². The third-order valence-corrected chi connectivity index (χ3v) is 5.44. The molecule has 1 N–H and O–H groups in total. The summed E-state index contributed by atoms with van der Waals surface area (Å²) >= 11 is 0. The van der Waals surface area contributed by atoms with Gasteiger partial charge in [-0.3, -0.25) is 9.78 Å². The maximum Gasteiger partial charge on any atom is 0.433 e. The smallest absolute Gasteiger partial charge is 0.433 e. The molecule has 0 bridgehead atoms. The lowest BCUT2D eigenvalue weighted by molar-refractivity contribution is -0.141. The van der Waals surface area contributed by atoms with Crippen LogP contribution in [0.3, 0.4) is 0 Å². The van der Waals surface area contributed by atoms with E-state index in [2.05, 4.69) is 15.3 Å². The molecule has 2 aromatic rings. The number of aromatic nitrogens is 1. The van der Waals surface area contributed by atoms with Crippen LogP contribution in [0.5, 0.6) is 0 Å². The zero-order valence-electron chi connectivity index (χ0n) is 16.4. The molecule has 1 aliphatic carbocycles. The highest BCUT2D eigenvalue weighted by Crippen LogP contribution is 2.32. The van der Waals surface area contributed by atoms with E-state index in [1.165, 1.54) is 12.1 Å². The van der Waals surface area contributed by atoms with Crippen LogP contribution >= 0.6 is 0 Å². The van der Waals surface area contributed by atoms with Gasteiger partial charge in [0, 0.05) is 17.3 Å². The second kappa shape index (κ2) is 8.38. The lowest BCUT2D eigenvalue weighted by atomic mass is 10.0. The van der Waals surface area contributed by atoms with Crippen LogP contribution < -0.4 is 5.32 Å². The average molecular weight is 428 g/mol. The zero-order chi connectivity index (χ0) is 22.0. The van der Waals surface area contributed by atoms with Crippen molar-refractivity contribution in [3.8, 4) is 6.07 Å². The Balaban J connectivity index is 1.57. The first kappa shape index (κ1) is 20.8. The molecule has 9 heteroatoms. The van der Waals surface area contributed by atoms with Crippen LogP contribution in [0.1, 0.15) is 52.9 Å². The predicted octanol–water partition coefficient (Wildman–Crippen LogP) is 3.86. The summed E-state index contributed by atoms with van der Waals surface area (Å²) in [6.07, 6.45) is -0.688. The number of hydrogen-bond donors (Lipinski definition) is 1. The quantitative estimate of drug-likeness (QED) is 0.804. The molecule has 0 radical (unpaired) electrons. The Morgan fingerprint density at radius 3 is 2.77 bits per heavy atom. The molecule has 6 nitrogen and oxygen atoms in total. The van der Waals surface area contributed by atoms with Gasteiger partial charge in [0.2, 0.25) is 5.90 Å². The van der Waals surface area contributed by atoms with Crippen molar-refractivity contribution in [3.05, 3.63) is 65.0 Å². The number of pyridine rings is 1. The van der Waals surface area contributed by atoms with E-state index in [0.29, 0.717) is 24.0 Å². The number of alkyl halides is 3. The summed E-state index contributed by atoms with van der Waals surface area (Å²) in [4.78, 5) is 20.7. The van der Waals surface area contributed by atoms with Crippen molar-refractivity contribution >= 4 is 11.8 Å². The Morgan fingerprint density at radius 1 is 1.19 bits per heavy atom. The summed E-state index contributed by atoms with van der Waals surface area (Å²) < 4.78 is 45.0. The molecule has 4 rings (SSSR count). The molecular formula is C22H19F3N4O2. The number of carbonyl (C=O) groups is 1. The Kier molecular flexibility index (Phi) is 5.63. The van der Waals surface area contributed by atoms with E-state index in [0.717, 1.165) is 25.1 Å². The van der Waals surface area contributed by atoms with Crippen molar-refractivity contribution < 1.29 is 22.7 Å². The molecule has 1 aromatic heterocycles. The SMILES string of the molecule is N#Cc1cccc(C(=O)N[C@H]2CCCCC3OC(c4ccnc(C(F)(F)F)c4)=NC32)c1. The summed E-state index contributed by atoms with van der Waals surface area (Å²) in [5, 5.41) is 12.0. The van der Waals surface area contributed by atoms with Crippen LogP contribution in [0.25, 0.3) is 0 Å². The molecule has 1 aliphatic heterocycles. The molecule has 2 unspecified atom stereocenters. The number of aliphatic imine (C=N–C) groups is 1. The van der Waals surface area contributed by atoms with Gasteiger partial charge in [-0.25, -0.2) is 4.99 Å². The Bertz CT molecular complexity index is 1060. The van der Waals surface area contributed by atoms with Crippen LogP contribution in [0.2, 0.25) is 0 Å². The summed E-state index contributed by atoms with van der Waals surface area (Å²) in [5.74, 6) is -0.190. The van der Waals surface area contributed by atoms with Gasteiger partial charge in [0.1, 0.15) is 17.8 Å². The minimum Gasteiger partial charge on any atom is -0.472 e. The molecule has 1 saturated carbocycles. The van der Waals surface area contributed by atoms with Crippen molar-refractivity contribution in [2.45, 2.75) is 50.0 Å². The molecule has 1 amide bonds. The van der Waals surface area contributed by atoms with Crippen molar-refractivity contribution in [3.63, 3.8) is 0 Å². The molecule has 31 heavy (non-hydrogen) atoms. The van der Waals surface area contributed by atoms with Gasteiger partial charge in [0.25, 0.3) is 5.91 Å². The highest BCUT2D eigenvalue weighted by Gasteiger charge is 2.40. The molecule has 2 heterocycles. The first-order valence-electron chi connectivity index (χ1n) is 9.94. The molecule has 160 valence electrons. The number of nitrogens with zero attached hydrogens (tertiary/aromatic N) is 3. The standard InChI is InChI=1S/C22H19F3N4O2/c23-22(24,25)18-11-15(8-9-27-18)21-29-19-16(6-1-2-7-17(19)31-21)28-20(30)14-5-3-4-13(10-14)12-26/h3-5,8-11,16-17,19H,1-2,6-7H2,(H,28,30)/t16-,17?,19?/m0/s1. The number of fused-ring (bicyclic) bond motifs is 1. The number of benzene rings is 1. The van der Waals surface area contributed by atoms with E-state index in [1.54, 1.807) is 18.2 Å². The van der Waals surface area contributed by atoms with Crippen LogP contribution in [0, 0.1) is 11.3 Å². The summed E-state index contributed by atoms with van der Waals surface area (Å²) in [7, 11) is 0. The van der Waals surface area contributed by atoms with Crippen LogP contribution in [-0.2, 0) is 10.9 Å². The fraction of sp³-hybridized carbons (Fsp3) is 0.364. The molecule has 3 atom stereocenters. The summed E-state index contributed by atoms with van der Waals surface area (Å²) in [5.41, 5.74) is -0.0474. The minimum atomic E-state index is -4.56. The van der Waals surface area contributed by atoms with E-state index in [-0.39, 0.29) is 29.5 Å². The second-order valence-electron chi connectivity index (χ2n) is 7.57. The Hall–Kier alpha value is -3.41. The average Bonchev–Trinajstić information content (AvgIpc) is 3.11. The lowest BCUT2D eigenvalue weighted by Crippen LogP contribution is -2.45. The van der Waals surface area contributed by atoms with Gasteiger partial charge in [-0.05, 0) is 49.6 Å². The van der Waals surface area contributed by atoms with Gasteiger partial charge in [-0.2, -0.15) is 18.4 Å². The third-order valence-electron chi connectivity index (χ3n) is 5.44. The second-order valence-corrected chi connectivity index (χ2v) is 7.57. The number of nitrogens with one attached hydrogen (secondary N) is 1. The summed E-state index contributed by atoms with van der Waals surface area (Å²) in [6.45, 7) is 0. The number of halogens is 3. The zero-order valence-corrected chi connectivity index (χ0v) is 16.4. The van der Waals surface area contributed by atoms with Crippen LogP contribution in [0.15, 0.2) is 47.6 Å². The molecule has 0 spiro atoms. The van der Waals surface area contributed by atoms with E-state index in [4.69, 9.17) is 10.00 Å². The lowest BCUT2D eigenvalue weighted by Gasteiger charge is -2.23. The maximum atomic E-state index is 13.0. The van der Waals surface area contributed by atoms with Gasteiger partial charge in [-0.1, -0.05) is 12.5 Å². The normalized spacial score (nSPS) is 23.0. The van der Waals surface area contributed by atoms with Gasteiger partial charge in [0.05, 0.1) is 17.7 Å². The van der Waals surface area contributed by atoms with Gasteiger partial charge in [-0.15, -0.1) is 0 Å². The molecule has 0 saturated heterocycles. The molecular weight excluding hydrogens is 409 g/mol. The Morgan fingerprint density at radius 2 is 2.00 bits per heavy atom. The van der Waals surface area contributed by atoms with E-state index in [1.807, 2.05) is 6.07 Å². The van der Waals surface area contributed by atoms with Gasteiger partial charge in [0.15, 0.2) is 0 Å². The van der Waals surface area contributed by atoms with Crippen molar-refractivity contribution in [1.29, 1.82) is 5.26 Å². The van der Waals surface area contributed by atoms with Crippen molar-refractivity contribution in [2.24, 2.45) is 4.99 Å². The van der Waals surface area contributed by atoms with E-state index >= 15 is 0 Å². The fourth-order valence-electron chi connectivity index (χ4n) is 3.92. The summed E-state index contributed by atoms with van der Waals surface area (Å²) in [6, 6.07) is 10.0.